The third-order valence-electron chi connectivity index (χ3n) is 3.85. The van der Waals surface area contributed by atoms with Gasteiger partial charge in [-0.25, -0.2) is 14.6 Å². The van der Waals surface area contributed by atoms with Crippen LogP contribution in [0.4, 0.5) is 4.79 Å². The van der Waals surface area contributed by atoms with E-state index in [1.54, 1.807) is 9.47 Å². The highest BCUT2D eigenvalue weighted by atomic mass is 16.4. The highest BCUT2D eigenvalue weighted by Crippen LogP contribution is 2.25. The number of hydrogen-bond acceptors (Lipinski definition) is 3. The molecule has 1 fully saturated rings. The predicted octanol–water partition coefficient (Wildman–Crippen LogP) is 1.41. The number of amides is 2. The molecule has 116 valence electrons. The fraction of sp³-hybridized carbons (Fsp3) is 0.643. The number of carboxylic acid groups (broad SMARTS) is 1. The number of carboxylic acids is 1. The van der Waals surface area contributed by atoms with Crippen molar-refractivity contribution in [2.24, 2.45) is 5.92 Å². The molecule has 1 heterocycles. The Labute approximate surface area is 124 Å². The molecule has 0 radical (unpaired) electrons. The lowest BCUT2D eigenvalue weighted by Crippen LogP contribution is -2.40. The van der Waals surface area contributed by atoms with Gasteiger partial charge in [0.25, 0.3) is 0 Å². The smallest absolute Gasteiger partial charge is 0.356 e. The largest absolute Gasteiger partial charge is 0.476 e. The van der Waals surface area contributed by atoms with Crippen molar-refractivity contribution in [2.45, 2.75) is 32.2 Å². The summed E-state index contributed by atoms with van der Waals surface area (Å²) in [7, 11) is 1.81. The predicted molar refractivity (Wildman–Crippen MR) is 77.2 cm³/mol. The van der Waals surface area contributed by atoms with E-state index in [4.69, 9.17) is 5.11 Å². The van der Waals surface area contributed by atoms with Crippen molar-refractivity contribution in [2.75, 3.05) is 20.1 Å². The maximum absolute atomic E-state index is 11.9. The maximum atomic E-state index is 11.9. The first-order valence-corrected chi connectivity index (χ1v) is 7.30. The van der Waals surface area contributed by atoms with Gasteiger partial charge in [0.05, 0.1) is 6.33 Å². The number of rotatable bonds is 6. The fourth-order valence-electron chi connectivity index (χ4n) is 2.68. The second-order valence-electron chi connectivity index (χ2n) is 5.56. The van der Waals surface area contributed by atoms with Gasteiger partial charge >= 0.3 is 12.0 Å². The van der Waals surface area contributed by atoms with Crippen LogP contribution in [0, 0.1) is 5.92 Å². The minimum absolute atomic E-state index is 0.0136. The van der Waals surface area contributed by atoms with Crippen LogP contribution in [0.2, 0.25) is 0 Å². The van der Waals surface area contributed by atoms with E-state index in [0.717, 1.165) is 6.54 Å². The van der Waals surface area contributed by atoms with Crippen molar-refractivity contribution in [3.05, 3.63) is 18.2 Å². The van der Waals surface area contributed by atoms with E-state index in [2.05, 4.69) is 10.3 Å². The second-order valence-corrected chi connectivity index (χ2v) is 5.56. The first-order valence-electron chi connectivity index (χ1n) is 7.30. The molecule has 1 aliphatic carbocycles. The summed E-state index contributed by atoms with van der Waals surface area (Å²) in [5, 5.41) is 11.6. The molecular formula is C14H22N4O3. The lowest BCUT2D eigenvalue weighted by molar-refractivity contribution is 0.0691. The van der Waals surface area contributed by atoms with E-state index >= 15 is 0 Å². The van der Waals surface area contributed by atoms with Gasteiger partial charge in [0.2, 0.25) is 0 Å². The Kier molecular flexibility index (Phi) is 5.19. The molecule has 0 aromatic carbocycles. The van der Waals surface area contributed by atoms with Gasteiger partial charge < -0.3 is 19.9 Å². The number of carbonyl (C=O) groups is 2. The highest BCUT2D eigenvalue weighted by molar-refractivity contribution is 5.84. The van der Waals surface area contributed by atoms with Gasteiger partial charge in [-0.05, 0) is 18.8 Å². The van der Waals surface area contributed by atoms with E-state index in [0.29, 0.717) is 19.0 Å². The maximum Gasteiger partial charge on any atom is 0.356 e. The number of imidazole rings is 1. The quantitative estimate of drug-likeness (QED) is 0.830. The van der Waals surface area contributed by atoms with Crippen LogP contribution in [0.25, 0.3) is 0 Å². The van der Waals surface area contributed by atoms with E-state index in [-0.39, 0.29) is 11.7 Å². The molecule has 7 nitrogen and oxygen atoms in total. The first-order chi connectivity index (χ1) is 10.1. The Bertz CT molecular complexity index is 494. The summed E-state index contributed by atoms with van der Waals surface area (Å²) in [6.07, 6.45) is 7.88. The summed E-state index contributed by atoms with van der Waals surface area (Å²) in [6.45, 7) is 1.76. The average molecular weight is 294 g/mol. The van der Waals surface area contributed by atoms with Crippen molar-refractivity contribution in [1.29, 1.82) is 0 Å². The number of nitrogens with zero attached hydrogens (tertiary/aromatic N) is 3. The van der Waals surface area contributed by atoms with Crippen molar-refractivity contribution >= 4 is 12.0 Å². The molecule has 0 bridgehead atoms. The van der Waals surface area contributed by atoms with Crippen molar-refractivity contribution in [3.63, 3.8) is 0 Å². The number of carbonyl (C=O) groups excluding carboxylic acids is 1. The van der Waals surface area contributed by atoms with Gasteiger partial charge in [0.1, 0.15) is 0 Å². The number of nitrogens with one attached hydrogen (secondary N) is 1. The SMILES string of the molecule is CN(CC1CCCC1)C(=O)NCCn1cnc(C(=O)O)c1. The molecule has 2 N–H and O–H groups in total. The van der Waals surface area contributed by atoms with Crippen molar-refractivity contribution in [3.8, 4) is 0 Å². The molecule has 2 amide bonds. The first kappa shape index (κ1) is 15.3. The van der Waals surface area contributed by atoms with Gasteiger partial charge in [0, 0.05) is 32.9 Å². The van der Waals surface area contributed by atoms with Crippen LogP contribution in [0.1, 0.15) is 36.2 Å². The zero-order chi connectivity index (χ0) is 15.2. The third kappa shape index (κ3) is 4.47. The van der Waals surface area contributed by atoms with E-state index < -0.39 is 5.97 Å². The zero-order valence-corrected chi connectivity index (χ0v) is 12.3. The van der Waals surface area contributed by atoms with Crippen LogP contribution >= 0.6 is 0 Å². The van der Waals surface area contributed by atoms with Crippen molar-refractivity contribution < 1.29 is 14.7 Å². The average Bonchev–Trinajstić information content (AvgIpc) is 3.09. The normalized spacial score (nSPS) is 15.1. The molecule has 0 spiro atoms. The summed E-state index contributed by atoms with van der Waals surface area (Å²) >= 11 is 0. The molecule has 0 aliphatic heterocycles. The highest BCUT2D eigenvalue weighted by Gasteiger charge is 2.19. The number of aromatic nitrogens is 2. The van der Waals surface area contributed by atoms with E-state index in [1.807, 2.05) is 7.05 Å². The third-order valence-corrected chi connectivity index (χ3v) is 3.85. The van der Waals surface area contributed by atoms with Crippen molar-refractivity contribution in [1.82, 2.24) is 19.8 Å². The topological polar surface area (TPSA) is 87.5 Å². The summed E-state index contributed by atoms with van der Waals surface area (Å²) in [6, 6.07) is -0.0829. The number of aromatic carboxylic acids is 1. The van der Waals surface area contributed by atoms with Crippen LogP contribution in [0.15, 0.2) is 12.5 Å². The van der Waals surface area contributed by atoms with Crippen LogP contribution in [0.3, 0.4) is 0 Å². The van der Waals surface area contributed by atoms with Gasteiger partial charge in [-0.2, -0.15) is 0 Å². The van der Waals surface area contributed by atoms with Gasteiger partial charge in [-0.3, -0.25) is 0 Å². The molecule has 1 aromatic heterocycles. The molecule has 2 rings (SSSR count). The summed E-state index contributed by atoms with van der Waals surface area (Å²) < 4.78 is 1.65. The van der Waals surface area contributed by atoms with Crippen LogP contribution < -0.4 is 5.32 Å². The van der Waals surface area contributed by atoms with Crippen LogP contribution in [0.5, 0.6) is 0 Å². The summed E-state index contributed by atoms with van der Waals surface area (Å²) in [4.78, 5) is 28.1. The van der Waals surface area contributed by atoms with Crippen LogP contribution in [-0.4, -0.2) is 51.7 Å². The molecule has 1 aromatic rings. The Balaban J connectivity index is 1.69. The summed E-state index contributed by atoms with van der Waals surface area (Å²) in [5.41, 5.74) is 0.0136. The van der Waals surface area contributed by atoms with Gasteiger partial charge in [-0.1, -0.05) is 12.8 Å². The second kappa shape index (κ2) is 7.10. The standard InChI is InChI=1S/C14H22N4O3/c1-17(8-11-4-2-3-5-11)14(21)15-6-7-18-9-12(13(19)20)16-10-18/h9-11H,2-8H2,1H3,(H,15,21)(H,19,20). The number of urea groups is 1. The molecule has 21 heavy (non-hydrogen) atoms. The molecule has 0 atom stereocenters. The Morgan fingerprint density at radius 1 is 1.48 bits per heavy atom. The number of hydrogen-bond donors (Lipinski definition) is 2. The monoisotopic (exact) mass is 294 g/mol. The molecule has 1 saturated carbocycles. The Morgan fingerprint density at radius 2 is 2.19 bits per heavy atom. The lowest BCUT2D eigenvalue weighted by atomic mass is 10.1. The lowest BCUT2D eigenvalue weighted by Gasteiger charge is -2.21. The Hall–Kier alpha value is -2.05. The molecule has 1 aliphatic rings. The van der Waals surface area contributed by atoms with Gasteiger partial charge in [-0.15, -0.1) is 0 Å². The van der Waals surface area contributed by atoms with E-state index in [1.165, 1.54) is 38.2 Å². The molecule has 0 unspecified atom stereocenters. The van der Waals surface area contributed by atoms with E-state index in [9.17, 15) is 9.59 Å². The zero-order valence-electron chi connectivity index (χ0n) is 12.3. The molecular weight excluding hydrogens is 272 g/mol. The minimum Gasteiger partial charge on any atom is -0.476 e. The minimum atomic E-state index is -1.05. The molecule has 0 saturated heterocycles. The summed E-state index contributed by atoms with van der Waals surface area (Å²) in [5.74, 6) is -0.415. The Morgan fingerprint density at radius 3 is 2.81 bits per heavy atom. The van der Waals surface area contributed by atoms with Gasteiger partial charge in [0.15, 0.2) is 5.69 Å². The van der Waals surface area contributed by atoms with Crippen LogP contribution in [-0.2, 0) is 6.54 Å². The fourth-order valence-corrected chi connectivity index (χ4v) is 2.68. The molecule has 7 heteroatoms.